The van der Waals surface area contributed by atoms with Crippen molar-refractivity contribution in [2.45, 2.75) is 39.5 Å². The number of hydrogen-bond donors (Lipinski definition) is 0. The third-order valence-electron chi connectivity index (χ3n) is 4.84. The normalized spacial score (nSPS) is 16.6. The van der Waals surface area contributed by atoms with Gasteiger partial charge in [-0.25, -0.2) is 9.67 Å². The number of aromatic nitrogens is 4. The van der Waals surface area contributed by atoms with Gasteiger partial charge >= 0.3 is 0 Å². The molecule has 8 heteroatoms. The van der Waals surface area contributed by atoms with Gasteiger partial charge in [0.15, 0.2) is 0 Å². The molecule has 3 aromatic rings. The molecule has 28 heavy (non-hydrogen) atoms. The van der Waals surface area contributed by atoms with Gasteiger partial charge in [-0.05, 0) is 25.8 Å². The van der Waals surface area contributed by atoms with Gasteiger partial charge in [-0.2, -0.15) is 0 Å². The number of amides is 1. The fraction of sp³-hybridized carbons (Fsp3) is 0.400. The minimum atomic E-state index is 0.0668. The summed E-state index contributed by atoms with van der Waals surface area (Å²) >= 11 is 1.46. The van der Waals surface area contributed by atoms with Crippen LogP contribution in [0.5, 0.6) is 0 Å². The Hall–Kier alpha value is -2.58. The molecule has 2 aromatic heterocycles. The van der Waals surface area contributed by atoms with Crippen LogP contribution in [0.15, 0.2) is 36.5 Å². The van der Waals surface area contributed by atoms with Crippen LogP contribution in [0, 0.1) is 13.8 Å². The monoisotopic (exact) mass is 397 g/mol. The number of likely N-dealkylation sites (tertiary alicyclic amines) is 1. The van der Waals surface area contributed by atoms with Crippen LogP contribution in [-0.2, 0) is 18.0 Å². The number of benzene rings is 1. The van der Waals surface area contributed by atoms with Crippen molar-refractivity contribution >= 4 is 17.2 Å². The van der Waals surface area contributed by atoms with Crippen molar-refractivity contribution < 1.29 is 9.53 Å². The summed E-state index contributed by atoms with van der Waals surface area (Å²) in [6.45, 7) is 6.15. The molecule has 1 aromatic carbocycles. The van der Waals surface area contributed by atoms with E-state index in [2.05, 4.69) is 15.3 Å². The zero-order chi connectivity index (χ0) is 19.5. The lowest BCUT2D eigenvalue weighted by Gasteiger charge is -2.15. The first-order valence-electron chi connectivity index (χ1n) is 9.36. The van der Waals surface area contributed by atoms with E-state index in [1.165, 1.54) is 11.3 Å². The van der Waals surface area contributed by atoms with Crippen molar-refractivity contribution in [1.29, 1.82) is 0 Å². The zero-order valence-corrected chi connectivity index (χ0v) is 16.9. The Morgan fingerprint density at radius 2 is 2.07 bits per heavy atom. The number of carbonyl (C=O) groups excluding carboxylic acids is 1. The van der Waals surface area contributed by atoms with Crippen molar-refractivity contribution in [3.8, 4) is 0 Å². The minimum Gasteiger partial charge on any atom is -0.370 e. The third kappa shape index (κ3) is 4.13. The van der Waals surface area contributed by atoms with Crippen molar-refractivity contribution in [3.63, 3.8) is 0 Å². The first-order chi connectivity index (χ1) is 13.6. The van der Waals surface area contributed by atoms with Gasteiger partial charge in [0.05, 0.1) is 36.2 Å². The molecule has 1 atom stereocenters. The Bertz CT molecular complexity index is 953. The van der Waals surface area contributed by atoms with Gasteiger partial charge in [-0.3, -0.25) is 4.79 Å². The van der Waals surface area contributed by atoms with Crippen LogP contribution >= 0.6 is 11.3 Å². The smallest absolute Gasteiger partial charge is 0.265 e. The summed E-state index contributed by atoms with van der Waals surface area (Å²) in [5.74, 6) is 0.0668. The van der Waals surface area contributed by atoms with Crippen LogP contribution < -0.4 is 0 Å². The van der Waals surface area contributed by atoms with Crippen LogP contribution in [0.1, 0.15) is 44.1 Å². The highest BCUT2D eigenvalue weighted by molar-refractivity contribution is 7.13. The molecule has 0 saturated carbocycles. The molecule has 0 aliphatic carbocycles. The molecule has 146 valence electrons. The van der Waals surface area contributed by atoms with E-state index in [4.69, 9.17) is 4.74 Å². The Morgan fingerprint density at radius 1 is 1.25 bits per heavy atom. The average Bonchev–Trinajstić information content (AvgIpc) is 3.42. The first-order valence-corrected chi connectivity index (χ1v) is 10.2. The number of nitrogens with zero attached hydrogens (tertiary/aromatic N) is 5. The van der Waals surface area contributed by atoms with Gasteiger partial charge < -0.3 is 9.64 Å². The lowest BCUT2D eigenvalue weighted by Crippen LogP contribution is -2.29. The summed E-state index contributed by atoms with van der Waals surface area (Å²) < 4.78 is 7.59. The Balaban J connectivity index is 1.32. The molecule has 1 amide bonds. The Labute approximate surface area is 168 Å². The van der Waals surface area contributed by atoms with E-state index in [9.17, 15) is 4.79 Å². The molecule has 0 N–H and O–H groups in total. The molecule has 0 spiro atoms. The Kier molecular flexibility index (Phi) is 5.50. The van der Waals surface area contributed by atoms with Crippen molar-refractivity contribution in [3.05, 3.63) is 63.4 Å². The molecule has 4 rings (SSSR count). The molecule has 1 fully saturated rings. The summed E-state index contributed by atoms with van der Waals surface area (Å²) in [4.78, 5) is 19.8. The van der Waals surface area contributed by atoms with Gasteiger partial charge in [-0.1, -0.05) is 35.5 Å². The Morgan fingerprint density at radius 3 is 2.82 bits per heavy atom. The van der Waals surface area contributed by atoms with E-state index in [1.54, 1.807) is 0 Å². The highest BCUT2D eigenvalue weighted by Gasteiger charge is 2.30. The maximum atomic E-state index is 12.8. The molecular weight excluding hydrogens is 374 g/mol. The predicted molar refractivity (Wildman–Crippen MR) is 106 cm³/mol. The first kappa shape index (κ1) is 18.8. The summed E-state index contributed by atoms with van der Waals surface area (Å²) in [7, 11) is 0. The third-order valence-corrected chi connectivity index (χ3v) is 5.90. The van der Waals surface area contributed by atoms with Gasteiger partial charge in [0.2, 0.25) is 0 Å². The van der Waals surface area contributed by atoms with E-state index in [-0.39, 0.29) is 11.9 Å². The van der Waals surface area contributed by atoms with Gasteiger partial charge in [-0.15, -0.1) is 16.4 Å². The number of carbonyl (C=O) groups is 1. The number of aryl methyl sites for hydroxylation is 2. The summed E-state index contributed by atoms with van der Waals surface area (Å²) in [6, 6.07) is 10.2. The quantitative estimate of drug-likeness (QED) is 0.639. The second-order valence-corrected chi connectivity index (χ2v) is 8.21. The zero-order valence-electron chi connectivity index (χ0n) is 16.0. The van der Waals surface area contributed by atoms with Gasteiger partial charge in [0, 0.05) is 13.1 Å². The molecule has 1 unspecified atom stereocenters. The van der Waals surface area contributed by atoms with Crippen LogP contribution in [0.25, 0.3) is 0 Å². The second-order valence-electron chi connectivity index (χ2n) is 7.01. The van der Waals surface area contributed by atoms with Crippen LogP contribution in [0.2, 0.25) is 0 Å². The number of hydrogen-bond acceptors (Lipinski definition) is 6. The molecule has 1 saturated heterocycles. The minimum absolute atomic E-state index is 0.0668. The molecule has 1 aliphatic rings. The van der Waals surface area contributed by atoms with Crippen LogP contribution in [-0.4, -0.2) is 43.9 Å². The number of thiazole rings is 1. The summed E-state index contributed by atoms with van der Waals surface area (Å²) in [5, 5.41) is 9.39. The van der Waals surface area contributed by atoms with E-state index < -0.39 is 0 Å². The molecule has 0 bridgehead atoms. The molecule has 0 radical (unpaired) electrons. The largest absolute Gasteiger partial charge is 0.370 e. The summed E-state index contributed by atoms with van der Waals surface area (Å²) in [6.07, 6.45) is 2.79. The molecule has 7 nitrogen and oxygen atoms in total. The van der Waals surface area contributed by atoms with Crippen LogP contribution in [0.4, 0.5) is 0 Å². The van der Waals surface area contributed by atoms with Crippen LogP contribution in [0.3, 0.4) is 0 Å². The lowest BCUT2D eigenvalue weighted by molar-refractivity contribution is 0.0790. The van der Waals surface area contributed by atoms with E-state index in [0.29, 0.717) is 19.8 Å². The van der Waals surface area contributed by atoms with Crippen molar-refractivity contribution in [1.82, 2.24) is 24.9 Å². The van der Waals surface area contributed by atoms with Gasteiger partial charge in [0.1, 0.15) is 10.6 Å². The highest BCUT2D eigenvalue weighted by atomic mass is 32.1. The second kappa shape index (κ2) is 8.20. The standard InChI is InChI=1S/C20H23N5O2S/c1-14-19(28-15(2)21-14)20(26)24-9-8-18(11-24)25-10-17(22-23-25)13-27-12-16-6-4-3-5-7-16/h3-7,10,18H,8-9,11-13H2,1-2H3. The van der Waals surface area contributed by atoms with Crippen molar-refractivity contribution in [2.75, 3.05) is 13.1 Å². The van der Waals surface area contributed by atoms with Gasteiger partial charge in [0.25, 0.3) is 5.91 Å². The van der Waals surface area contributed by atoms with E-state index >= 15 is 0 Å². The fourth-order valence-electron chi connectivity index (χ4n) is 3.42. The maximum Gasteiger partial charge on any atom is 0.265 e. The summed E-state index contributed by atoms with van der Waals surface area (Å²) in [5.41, 5.74) is 2.75. The average molecular weight is 398 g/mol. The van der Waals surface area contributed by atoms with Crippen molar-refractivity contribution in [2.24, 2.45) is 0 Å². The van der Waals surface area contributed by atoms with E-state index in [1.807, 2.05) is 60.0 Å². The predicted octanol–water partition coefficient (Wildman–Crippen LogP) is 3.16. The fourth-order valence-corrected chi connectivity index (χ4v) is 4.31. The SMILES string of the molecule is Cc1nc(C)c(C(=O)N2CCC(n3cc(COCc4ccccc4)nn3)C2)s1. The highest BCUT2D eigenvalue weighted by Crippen LogP contribution is 2.26. The lowest BCUT2D eigenvalue weighted by atomic mass is 10.2. The number of rotatable bonds is 6. The number of ether oxygens (including phenoxy) is 1. The molecule has 1 aliphatic heterocycles. The van der Waals surface area contributed by atoms with E-state index in [0.717, 1.165) is 39.8 Å². The topological polar surface area (TPSA) is 73.1 Å². The maximum absolute atomic E-state index is 12.8. The molecular formula is C20H23N5O2S. The molecule has 3 heterocycles.